The molecule has 0 bridgehead atoms. The van der Waals surface area contributed by atoms with Gasteiger partial charge >= 0.3 is 5.63 Å². The number of amides is 1. The van der Waals surface area contributed by atoms with Crippen LogP contribution in [0.15, 0.2) is 39.5 Å². The van der Waals surface area contributed by atoms with E-state index in [0.717, 1.165) is 17.2 Å². The minimum Gasteiger partial charge on any atom is -0.417 e. The number of aromatic nitrogens is 1. The van der Waals surface area contributed by atoms with Gasteiger partial charge in [0.1, 0.15) is 10.8 Å². The number of aryl methyl sites for hydroxylation is 1. The summed E-state index contributed by atoms with van der Waals surface area (Å²) >= 11 is 1.12. The van der Waals surface area contributed by atoms with Crippen LogP contribution in [-0.2, 0) is 0 Å². The van der Waals surface area contributed by atoms with E-state index in [9.17, 15) is 14.0 Å². The van der Waals surface area contributed by atoms with Crippen LogP contribution in [0.5, 0.6) is 0 Å². The number of fused-ring (bicyclic) bond motifs is 1. The molecule has 106 valence electrons. The summed E-state index contributed by atoms with van der Waals surface area (Å²) in [5, 5.41) is 3.66. The molecule has 0 saturated carbocycles. The number of hydrogen-bond donors (Lipinski definition) is 1. The van der Waals surface area contributed by atoms with Crippen LogP contribution in [0.1, 0.15) is 16.2 Å². The lowest BCUT2D eigenvalue weighted by Gasteiger charge is -2.02. The van der Waals surface area contributed by atoms with Crippen LogP contribution in [0.4, 0.5) is 9.39 Å². The Morgan fingerprint density at radius 1 is 1.33 bits per heavy atom. The van der Waals surface area contributed by atoms with Crippen LogP contribution < -0.4 is 10.9 Å². The molecule has 0 saturated heterocycles. The SMILES string of the molecule is Cc1cc(NC(=O)c2cc3cc(F)ccc3c(=O)o2)sn1. The van der Waals surface area contributed by atoms with Gasteiger partial charge in [0.05, 0.1) is 11.1 Å². The standard InChI is InChI=1S/C14H9FN2O3S/c1-7-4-12(21-17-7)16-13(18)11-6-8-5-9(15)2-3-10(8)14(19)20-11/h2-6H,1H3,(H,16,18). The van der Waals surface area contributed by atoms with Crippen LogP contribution in [0.3, 0.4) is 0 Å². The van der Waals surface area contributed by atoms with Crippen LogP contribution in [0.25, 0.3) is 10.8 Å². The van der Waals surface area contributed by atoms with E-state index >= 15 is 0 Å². The van der Waals surface area contributed by atoms with Crippen molar-refractivity contribution >= 4 is 33.2 Å². The van der Waals surface area contributed by atoms with E-state index in [1.54, 1.807) is 13.0 Å². The predicted octanol–water partition coefficient (Wildman–Crippen LogP) is 2.95. The van der Waals surface area contributed by atoms with Gasteiger partial charge < -0.3 is 9.73 Å². The molecule has 3 rings (SSSR count). The molecular weight excluding hydrogens is 295 g/mol. The molecular formula is C14H9FN2O3S. The average molecular weight is 304 g/mol. The van der Waals surface area contributed by atoms with Crippen molar-refractivity contribution in [3.63, 3.8) is 0 Å². The largest absolute Gasteiger partial charge is 0.417 e. The zero-order valence-electron chi connectivity index (χ0n) is 10.8. The molecule has 0 radical (unpaired) electrons. The molecule has 0 atom stereocenters. The molecule has 7 heteroatoms. The summed E-state index contributed by atoms with van der Waals surface area (Å²) in [6.45, 7) is 1.80. The second-order valence-corrected chi connectivity index (χ2v) is 5.22. The van der Waals surface area contributed by atoms with Gasteiger partial charge in [0.15, 0.2) is 5.76 Å². The minimum atomic E-state index is -0.682. The van der Waals surface area contributed by atoms with Crippen LogP contribution in [0.2, 0.25) is 0 Å². The Labute approximate surface area is 122 Å². The zero-order valence-corrected chi connectivity index (χ0v) is 11.7. The number of anilines is 1. The predicted molar refractivity (Wildman–Crippen MR) is 77.2 cm³/mol. The Hall–Kier alpha value is -2.54. The van der Waals surface area contributed by atoms with E-state index in [0.29, 0.717) is 10.4 Å². The summed E-state index contributed by atoms with van der Waals surface area (Å²) in [4.78, 5) is 23.8. The maximum Gasteiger partial charge on any atom is 0.344 e. The Morgan fingerprint density at radius 3 is 2.86 bits per heavy atom. The van der Waals surface area contributed by atoms with Gasteiger partial charge in [-0.25, -0.2) is 9.18 Å². The van der Waals surface area contributed by atoms with Crippen molar-refractivity contribution in [1.82, 2.24) is 4.37 Å². The molecule has 2 aromatic heterocycles. The molecule has 1 N–H and O–H groups in total. The van der Waals surface area contributed by atoms with Crippen LogP contribution in [0, 0.1) is 12.7 Å². The zero-order chi connectivity index (χ0) is 15.0. The molecule has 0 aliphatic rings. The number of rotatable bonds is 2. The quantitative estimate of drug-likeness (QED) is 0.790. The molecule has 1 aromatic carbocycles. The number of nitrogens with one attached hydrogen (secondary N) is 1. The fourth-order valence-electron chi connectivity index (χ4n) is 1.87. The van der Waals surface area contributed by atoms with E-state index in [1.165, 1.54) is 24.3 Å². The summed E-state index contributed by atoms with van der Waals surface area (Å²) in [5.74, 6) is -1.25. The van der Waals surface area contributed by atoms with E-state index in [2.05, 4.69) is 9.69 Å². The highest BCUT2D eigenvalue weighted by molar-refractivity contribution is 7.10. The van der Waals surface area contributed by atoms with Gasteiger partial charge in [-0.1, -0.05) is 0 Å². The smallest absolute Gasteiger partial charge is 0.344 e. The second kappa shape index (κ2) is 5.10. The van der Waals surface area contributed by atoms with Crippen molar-refractivity contribution in [2.45, 2.75) is 6.92 Å². The Morgan fingerprint density at radius 2 is 2.14 bits per heavy atom. The van der Waals surface area contributed by atoms with Gasteiger partial charge in [0.2, 0.25) is 0 Å². The van der Waals surface area contributed by atoms with Gasteiger partial charge in [-0.2, -0.15) is 4.37 Å². The molecule has 0 fully saturated rings. The highest BCUT2D eigenvalue weighted by Crippen LogP contribution is 2.18. The Kier molecular flexibility index (Phi) is 3.26. The maximum absolute atomic E-state index is 13.2. The molecule has 3 aromatic rings. The van der Waals surface area contributed by atoms with Crippen LogP contribution in [-0.4, -0.2) is 10.3 Å². The fourth-order valence-corrected chi connectivity index (χ4v) is 2.53. The number of nitrogens with zero attached hydrogens (tertiary/aromatic N) is 1. The highest BCUT2D eigenvalue weighted by atomic mass is 32.1. The van der Waals surface area contributed by atoms with Gasteiger partial charge in [0, 0.05) is 0 Å². The fraction of sp³-hybridized carbons (Fsp3) is 0.0714. The molecule has 1 amide bonds. The third kappa shape index (κ3) is 2.68. The van der Waals surface area contributed by atoms with Crippen molar-refractivity contribution in [2.75, 3.05) is 5.32 Å². The average Bonchev–Trinajstić information content (AvgIpc) is 2.83. The van der Waals surface area contributed by atoms with Gasteiger partial charge in [-0.3, -0.25) is 4.79 Å². The molecule has 2 heterocycles. The van der Waals surface area contributed by atoms with Crippen LogP contribution >= 0.6 is 11.5 Å². The van der Waals surface area contributed by atoms with E-state index in [1.807, 2.05) is 0 Å². The van der Waals surface area contributed by atoms with E-state index < -0.39 is 17.3 Å². The summed E-state index contributed by atoms with van der Waals surface area (Å²) in [5.41, 5.74) is 0.0930. The number of carbonyl (C=O) groups excluding carboxylic acids is 1. The molecule has 0 aliphatic heterocycles. The number of hydrogen-bond acceptors (Lipinski definition) is 5. The molecule has 0 spiro atoms. The van der Waals surface area contributed by atoms with Gasteiger partial charge in [0.25, 0.3) is 5.91 Å². The second-order valence-electron chi connectivity index (χ2n) is 4.42. The van der Waals surface area contributed by atoms with Crippen molar-refractivity contribution in [3.05, 3.63) is 58.0 Å². The molecule has 0 aliphatic carbocycles. The first kappa shape index (κ1) is 13.4. The van der Waals surface area contributed by atoms with Crippen molar-refractivity contribution in [2.24, 2.45) is 0 Å². The Bertz CT molecular complexity index is 901. The molecule has 5 nitrogen and oxygen atoms in total. The van der Waals surface area contributed by atoms with Crippen molar-refractivity contribution in [1.29, 1.82) is 0 Å². The van der Waals surface area contributed by atoms with E-state index in [-0.39, 0.29) is 11.1 Å². The minimum absolute atomic E-state index is 0.177. The normalized spacial score (nSPS) is 10.8. The summed E-state index contributed by atoms with van der Waals surface area (Å²) in [6, 6.07) is 6.70. The first-order chi connectivity index (χ1) is 10.0. The lowest BCUT2D eigenvalue weighted by Crippen LogP contribution is -2.14. The van der Waals surface area contributed by atoms with Gasteiger partial charge in [-0.05, 0) is 54.2 Å². The van der Waals surface area contributed by atoms with Gasteiger partial charge in [-0.15, -0.1) is 0 Å². The summed E-state index contributed by atoms with van der Waals surface area (Å²) < 4.78 is 22.2. The highest BCUT2D eigenvalue weighted by Gasteiger charge is 2.14. The monoisotopic (exact) mass is 304 g/mol. The van der Waals surface area contributed by atoms with Crippen molar-refractivity contribution < 1.29 is 13.6 Å². The lowest BCUT2D eigenvalue weighted by atomic mass is 10.1. The number of carbonyl (C=O) groups is 1. The number of halogens is 1. The summed E-state index contributed by atoms with van der Waals surface area (Å²) in [6.07, 6.45) is 0. The van der Waals surface area contributed by atoms with E-state index in [4.69, 9.17) is 4.42 Å². The maximum atomic E-state index is 13.2. The topological polar surface area (TPSA) is 72.2 Å². The molecule has 21 heavy (non-hydrogen) atoms. The molecule has 0 unspecified atom stereocenters. The Balaban J connectivity index is 2.00. The first-order valence-electron chi connectivity index (χ1n) is 6.01. The van der Waals surface area contributed by atoms with Crippen molar-refractivity contribution in [3.8, 4) is 0 Å². The third-order valence-corrected chi connectivity index (χ3v) is 3.61. The summed E-state index contributed by atoms with van der Waals surface area (Å²) in [7, 11) is 0. The number of benzene rings is 1. The lowest BCUT2D eigenvalue weighted by molar-refractivity contribution is 0.0993. The first-order valence-corrected chi connectivity index (χ1v) is 6.78. The third-order valence-electron chi connectivity index (χ3n) is 2.81.